The SMILES string of the molecule is CCN(CC)C(=O)CN1CCN(C(=O)c2ccc(Cn3cncn3)cc2)CC1. The number of benzene rings is 1. The zero-order valence-electron chi connectivity index (χ0n) is 16.6. The van der Waals surface area contributed by atoms with Crippen LogP contribution < -0.4 is 0 Å². The van der Waals surface area contributed by atoms with E-state index in [0.29, 0.717) is 31.7 Å². The molecule has 0 atom stereocenters. The van der Waals surface area contributed by atoms with Gasteiger partial charge >= 0.3 is 0 Å². The Morgan fingerprint density at radius 1 is 1.04 bits per heavy atom. The lowest BCUT2D eigenvalue weighted by Crippen LogP contribution is -2.51. The highest BCUT2D eigenvalue weighted by Crippen LogP contribution is 2.11. The molecule has 1 aromatic carbocycles. The Morgan fingerprint density at radius 2 is 1.71 bits per heavy atom. The van der Waals surface area contributed by atoms with E-state index in [0.717, 1.165) is 31.7 Å². The monoisotopic (exact) mass is 384 g/mol. The smallest absolute Gasteiger partial charge is 0.253 e. The highest BCUT2D eigenvalue weighted by molar-refractivity contribution is 5.94. The van der Waals surface area contributed by atoms with E-state index in [1.807, 2.05) is 47.9 Å². The lowest BCUT2D eigenvalue weighted by molar-refractivity contribution is -0.132. The second kappa shape index (κ2) is 9.45. The first kappa shape index (κ1) is 20.0. The molecule has 28 heavy (non-hydrogen) atoms. The molecule has 1 aliphatic heterocycles. The molecule has 0 aliphatic carbocycles. The number of likely N-dealkylation sites (N-methyl/N-ethyl adjacent to an activating group) is 1. The average Bonchev–Trinajstić information content (AvgIpc) is 3.22. The van der Waals surface area contributed by atoms with Crippen LogP contribution in [-0.2, 0) is 11.3 Å². The van der Waals surface area contributed by atoms with E-state index in [-0.39, 0.29) is 11.8 Å². The first-order chi connectivity index (χ1) is 13.6. The number of carbonyl (C=O) groups is 2. The molecule has 1 saturated heterocycles. The molecule has 0 bridgehead atoms. The Kier molecular flexibility index (Phi) is 6.76. The van der Waals surface area contributed by atoms with Crippen molar-refractivity contribution in [2.75, 3.05) is 45.8 Å². The molecule has 1 aromatic heterocycles. The second-order valence-corrected chi connectivity index (χ2v) is 6.92. The average molecular weight is 384 g/mol. The van der Waals surface area contributed by atoms with Gasteiger partial charge in [-0.1, -0.05) is 12.1 Å². The molecule has 2 heterocycles. The van der Waals surface area contributed by atoms with E-state index in [2.05, 4.69) is 15.0 Å². The molecule has 0 unspecified atom stereocenters. The Labute approximate surface area is 165 Å². The molecule has 0 spiro atoms. The van der Waals surface area contributed by atoms with Gasteiger partial charge in [0.1, 0.15) is 12.7 Å². The maximum absolute atomic E-state index is 12.8. The predicted molar refractivity (Wildman–Crippen MR) is 106 cm³/mol. The third-order valence-electron chi connectivity index (χ3n) is 5.15. The Balaban J connectivity index is 1.50. The number of rotatable bonds is 7. The molecule has 0 N–H and O–H groups in total. The third kappa shape index (κ3) is 4.95. The van der Waals surface area contributed by atoms with E-state index in [4.69, 9.17) is 0 Å². The van der Waals surface area contributed by atoms with Crippen LogP contribution in [0.5, 0.6) is 0 Å². The molecule has 2 aromatic rings. The minimum Gasteiger partial charge on any atom is -0.342 e. The van der Waals surface area contributed by atoms with Crippen molar-refractivity contribution in [3.63, 3.8) is 0 Å². The summed E-state index contributed by atoms with van der Waals surface area (Å²) >= 11 is 0. The lowest BCUT2D eigenvalue weighted by Gasteiger charge is -2.35. The van der Waals surface area contributed by atoms with Crippen molar-refractivity contribution < 1.29 is 9.59 Å². The molecular weight excluding hydrogens is 356 g/mol. The van der Waals surface area contributed by atoms with Gasteiger partial charge in [-0.3, -0.25) is 14.5 Å². The number of aromatic nitrogens is 3. The molecule has 1 aliphatic rings. The number of nitrogens with zero attached hydrogens (tertiary/aromatic N) is 6. The summed E-state index contributed by atoms with van der Waals surface area (Å²) in [7, 11) is 0. The third-order valence-corrected chi connectivity index (χ3v) is 5.15. The number of hydrogen-bond acceptors (Lipinski definition) is 5. The second-order valence-electron chi connectivity index (χ2n) is 6.92. The highest BCUT2D eigenvalue weighted by Gasteiger charge is 2.24. The molecule has 1 fully saturated rings. The van der Waals surface area contributed by atoms with Crippen LogP contribution in [0.1, 0.15) is 29.8 Å². The van der Waals surface area contributed by atoms with Gasteiger partial charge in [0.15, 0.2) is 0 Å². The molecule has 2 amide bonds. The fourth-order valence-electron chi connectivity index (χ4n) is 3.41. The minimum absolute atomic E-state index is 0.0435. The maximum Gasteiger partial charge on any atom is 0.253 e. The van der Waals surface area contributed by atoms with Crippen molar-refractivity contribution in [1.82, 2.24) is 29.5 Å². The van der Waals surface area contributed by atoms with Crippen LogP contribution in [0.4, 0.5) is 0 Å². The standard InChI is InChI=1S/C20H28N6O2/c1-3-24(4-2)19(27)14-23-9-11-25(12-10-23)20(28)18-7-5-17(6-8-18)13-26-16-21-15-22-26/h5-8,15-16H,3-4,9-14H2,1-2H3. The summed E-state index contributed by atoms with van der Waals surface area (Å²) in [6.07, 6.45) is 3.18. The van der Waals surface area contributed by atoms with E-state index >= 15 is 0 Å². The zero-order chi connectivity index (χ0) is 19.9. The molecule has 3 rings (SSSR count). The number of carbonyl (C=O) groups excluding carboxylic acids is 2. The van der Waals surface area contributed by atoms with Gasteiger partial charge in [0.25, 0.3) is 5.91 Å². The van der Waals surface area contributed by atoms with Crippen LogP contribution in [0, 0.1) is 0 Å². The van der Waals surface area contributed by atoms with Gasteiger partial charge in [-0.15, -0.1) is 0 Å². The van der Waals surface area contributed by atoms with Crippen molar-refractivity contribution in [2.45, 2.75) is 20.4 Å². The quantitative estimate of drug-likeness (QED) is 0.711. The Bertz CT molecular complexity index is 763. The van der Waals surface area contributed by atoms with Gasteiger partial charge in [0, 0.05) is 44.8 Å². The molecule has 8 nitrogen and oxygen atoms in total. The predicted octanol–water partition coefficient (Wildman–Crippen LogP) is 0.953. The summed E-state index contributed by atoms with van der Waals surface area (Å²) < 4.78 is 1.75. The Hall–Kier alpha value is -2.74. The van der Waals surface area contributed by atoms with Crippen LogP contribution in [0.15, 0.2) is 36.9 Å². The van der Waals surface area contributed by atoms with Gasteiger partial charge < -0.3 is 9.80 Å². The summed E-state index contributed by atoms with van der Waals surface area (Å²) in [5.41, 5.74) is 1.76. The van der Waals surface area contributed by atoms with Crippen LogP contribution in [0.2, 0.25) is 0 Å². The summed E-state index contributed by atoms with van der Waals surface area (Å²) in [6, 6.07) is 7.64. The molecule has 8 heteroatoms. The highest BCUT2D eigenvalue weighted by atomic mass is 16.2. The number of amides is 2. The normalized spacial score (nSPS) is 14.9. The molecular formula is C20H28N6O2. The first-order valence-corrected chi connectivity index (χ1v) is 9.81. The van der Waals surface area contributed by atoms with Crippen molar-refractivity contribution in [1.29, 1.82) is 0 Å². The molecule has 150 valence electrons. The lowest BCUT2D eigenvalue weighted by atomic mass is 10.1. The van der Waals surface area contributed by atoms with Crippen molar-refractivity contribution in [3.8, 4) is 0 Å². The van der Waals surface area contributed by atoms with Crippen LogP contribution in [-0.4, -0.2) is 87.1 Å². The molecule has 0 saturated carbocycles. The van der Waals surface area contributed by atoms with Crippen LogP contribution >= 0.6 is 0 Å². The van der Waals surface area contributed by atoms with Crippen molar-refractivity contribution in [2.24, 2.45) is 0 Å². The summed E-state index contributed by atoms with van der Waals surface area (Å²) in [6.45, 7) is 9.27. The summed E-state index contributed by atoms with van der Waals surface area (Å²) in [5, 5.41) is 4.09. The fraction of sp³-hybridized carbons (Fsp3) is 0.500. The van der Waals surface area contributed by atoms with Gasteiger partial charge in [-0.2, -0.15) is 5.10 Å². The maximum atomic E-state index is 12.8. The van der Waals surface area contributed by atoms with Gasteiger partial charge in [-0.25, -0.2) is 9.67 Å². The van der Waals surface area contributed by atoms with E-state index in [1.54, 1.807) is 11.0 Å². The minimum atomic E-state index is 0.0435. The number of hydrogen-bond donors (Lipinski definition) is 0. The van der Waals surface area contributed by atoms with E-state index < -0.39 is 0 Å². The topological polar surface area (TPSA) is 74.6 Å². The van der Waals surface area contributed by atoms with Gasteiger partial charge in [-0.05, 0) is 31.5 Å². The largest absolute Gasteiger partial charge is 0.342 e. The fourth-order valence-corrected chi connectivity index (χ4v) is 3.41. The van der Waals surface area contributed by atoms with Crippen LogP contribution in [0.3, 0.4) is 0 Å². The summed E-state index contributed by atoms with van der Waals surface area (Å²) in [4.78, 5) is 34.8. The Morgan fingerprint density at radius 3 is 2.29 bits per heavy atom. The van der Waals surface area contributed by atoms with Gasteiger partial charge in [0.05, 0.1) is 13.1 Å². The molecule has 0 radical (unpaired) electrons. The summed E-state index contributed by atoms with van der Waals surface area (Å²) in [5.74, 6) is 0.203. The van der Waals surface area contributed by atoms with Gasteiger partial charge in [0.2, 0.25) is 5.91 Å². The van der Waals surface area contributed by atoms with Crippen molar-refractivity contribution >= 4 is 11.8 Å². The first-order valence-electron chi connectivity index (χ1n) is 9.81. The van der Waals surface area contributed by atoms with E-state index in [1.165, 1.54) is 6.33 Å². The number of piperazine rings is 1. The van der Waals surface area contributed by atoms with Crippen LogP contribution in [0.25, 0.3) is 0 Å². The zero-order valence-corrected chi connectivity index (χ0v) is 16.6. The van der Waals surface area contributed by atoms with E-state index in [9.17, 15) is 9.59 Å². The van der Waals surface area contributed by atoms with Crippen molar-refractivity contribution in [3.05, 3.63) is 48.0 Å².